The molecule has 4 aromatic rings. The molecule has 0 atom stereocenters. The Labute approximate surface area is 228 Å². The SMILES string of the molecule is COc1cc2sc(/C=C/C3=C(C)C(=C/C=C4\Oc5cc6ccccc6cc5N4C)/CCC3)[n+](C)c2cc1C. The van der Waals surface area contributed by atoms with Gasteiger partial charge in [0.05, 0.1) is 12.8 Å². The lowest BCUT2D eigenvalue weighted by molar-refractivity contribution is -0.642. The van der Waals surface area contributed by atoms with Crippen molar-refractivity contribution in [3.05, 3.63) is 99.9 Å². The summed E-state index contributed by atoms with van der Waals surface area (Å²) in [4.78, 5) is 2.14. The van der Waals surface area contributed by atoms with Gasteiger partial charge in [0.25, 0.3) is 5.01 Å². The van der Waals surface area contributed by atoms with E-state index in [9.17, 15) is 0 Å². The van der Waals surface area contributed by atoms with Crippen molar-refractivity contribution >= 4 is 44.1 Å². The van der Waals surface area contributed by atoms with E-state index in [0.717, 1.165) is 47.9 Å². The average Bonchev–Trinajstić information content (AvgIpc) is 3.40. The van der Waals surface area contributed by atoms with E-state index in [0.29, 0.717) is 0 Å². The molecule has 0 amide bonds. The van der Waals surface area contributed by atoms with E-state index >= 15 is 0 Å². The molecule has 1 aromatic heterocycles. The van der Waals surface area contributed by atoms with Crippen molar-refractivity contribution in [3.8, 4) is 11.5 Å². The van der Waals surface area contributed by atoms with Crippen molar-refractivity contribution in [2.45, 2.75) is 33.1 Å². The fraction of sp³-hybridized carbons (Fsp3) is 0.242. The number of aromatic nitrogens is 1. The summed E-state index contributed by atoms with van der Waals surface area (Å²) < 4.78 is 15.3. The Bertz CT molecular complexity index is 1700. The first-order chi connectivity index (χ1) is 18.4. The third-order valence-electron chi connectivity index (χ3n) is 7.83. The molecule has 0 spiro atoms. The number of hydrogen-bond donors (Lipinski definition) is 0. The van der Waals surface area contributed by atoms with E-state index in [1.807, 2.05) is 0 Å². The Morgan fingerprint density at radius 1 is 1.00 bits per heavy atom. The van der Waals surface area contributed by atoms with Crippen molar-refractivity contribution in [2.75, 3.05) is 19.1 Å². The van der Waals surface area contributed by atoms with Crippen molar-refractivity contribution in [3.63, 3.8) is 0 Å². The summed E-state index contributed by atoms with van der Waals surface area (Å²) in [5.74, 6) is 2.72. The topological polar surface area (TPSA) is 25.6 Å². The Kier molecular flexibility index (Phi) is 6.32. The average molecular weight is 522 g/mol. The summed E-state index contributed by atoms with van der Waals surface area (Å²) in [7, 11) is 5.95. The highest BCUT2D eigenvalue weighted by Crippen LogP contribution is 2.41. The van der Waals surface area contributed by atoms with Crippen LogP contribution in [0.4, 0.5) is 5.69 Å². The number of hydrogen-bond acceptors (Lipinski definition) is 4. The van der Waals surface area contributed by atoms with Crippen LogP contribution in [0.3, 0.4) is 0 Å². The monoisotopic (exact) mass is 521 g/mol. The molecule has 0 N–H and O–H groups in total. The second-order valence-electron chi connectivity index (χ2n) is 10.2. The van der Waals surface area contributed by atoms with Gasteiger partial charge in [-0.25, -0.2) is 0 Å². The summed E-state index contributed by atoms with van der Waals surface area (Å²) >= 11 is 1.80. The van der Waals surface area contributed by atoms with Gasteiger partial charge in [0.1, 0.15) is 17.5 Å². The summed E-state index contributed by atoms with van der Waals surface area (Å²) in [6, 6.07) is 17.1. The molecule has 2 aliphatic rings. The number of aryl methyl sites for hydroxylation is 2. The smallest absolute Gasteiger partial charge is 0.262 e. The van der Waals surface area contributed by atoms with Crippen molar-refractivity contribution in [1.29, 1.82) is 0 Å². The number of rotatable bonds is 4. The summed E-state index contributed by atoms with van der Waals surface area (Å²) in [6.45, 7) is 4.35. The number of allylic oxidation sites excluding steroid dienone is 6. The van der Waals surface area contributed by atoms with Crippen LogP contribution < -0.4 is 18.9 Å². The number of thiazole rings is 1. The molecule has 0 radical (unpaired) electrons. The molecular formula is C33H33N2O2S+. The van der Waals surface area contributed by atoms with Gasteiger partial charge in [-0.05, 0) is 84.4 Å². The van der Waals surface area contributed by atoms with Crippen LogP contribution in [-0.2, 0) is 7.05 Å². The van der Waals surface area contributed by atoms with Crippen LogP contribution in [0.5, 0.6) is 11.5 Å². The minimum atomic E-state index is 0.862. The van der Waals surface area contributed by atoms with Crippen LogP contribution in [0.15, 0.2) is 89.4 Å². The van der Waals surface area contributed by atoms with Crippen LogP contribution in [-0.4, -0.2) is 14.2 Å². The number of anilines is 1. The molecule has 6 rings (SSSR count). The van der Waals surface area contributed by atoms with Gasteiger partial charge < -0.3 is 14.4 Å². The number of methoxy groups -OCH3 is 1. The second kappa shape index (κ2) is 9.80. The van der Waals surface area contributed by atoms with Crippen molar-refractivity contribution in [1.82, 2.24) is 0 Å². The van der Waals surface area contributed by atoms with E-state index in [2.05, 4.69) is 110 Å². The maximum Gasteiger partial charge on any atom is 0.262 e. The van der Waals surface area contributed by atoms with E-state index < -0.39 is 0 Å². The lowest BCUT2D eigenvalue weighted by Gasteiger charge is -2.18. The molecule has 1 aliphatic carbocycles. The highest BCUT2D eigenvalue weighted by Gasteiger charge is 2.23. The lowest BCUT2D eigenvalue weighted by atomic mass is 9.88. The zero-order chi connectivity index (χ0) is 26.4. The van der Waals surface area contributed by atoms with Crippen LogP contribution in [0, 0.1) is 6.92 Å². The van der Waals surface area contributed by atoms with E-state index in [1.54, 1.807) is 18.4 Å². The Morgan fingerprint density at radius 2 is 1.79 bits per heavy atom. The molecule has 0 saturated heterocycles. The van der Waals surface area contributed by atoms with Gasteiger partial charge in [-0.1, -0.05) is 47.8 Å². The van der Waals surface area contributed by atoms with Gasteiger partial charge in [0.2, 0.25) is 5.52 Å². The third-order valence-corrected chi connectivity index (χ3v) is 8.99. The molecular weight excluding hydrogens is 488 g/mol. The third kappa shape index (κ3) is 4.31. The van der Waals surface area contributed by atoms with E-state index in [-0.39, 0.29) is 0 Å². The maximum absolute atomic E-state index is 6.25. The molecule has 0 fully saturated rings. The normalized spacial score (nSPS) is 17.9. The Morgan fingerprint density at radius 3 is 2.58 bits per heavy atom. The lowest BCUT2D eigenvalue weighted by Crippen LogP contribution is -2.28. The second-order valence-corrected chi connectivity index (χ2v) is 11.2. The molecule has 0 saturated carbocycles. The first-order valence-electron chi connectivity index (χ1n) is 13.1. The summed E-state index contributed by atoms with van der Waals surface area (Å²) in [5, 5.41) is 3.66. The van der Waals surface area contributed by atoms with Gasteiger partial charge in [0.15, 0.2) is 11.6 Å². The highest BCUT2D eigenvalue weighted by atomic mass is 32.1. The predicted molar refractivity (Wildman–Crippen MR) is 159 cm³/mol. The minimum absolute atomic E-state index is 0.862. The highest BCUT2D eigenvalue weighted by molar-refractivity contribution is 7.18. The van der Waals surface area contributed by atoms with Crippen LogP contribution >= 0.6 is 11.3 Å². The van der Waals surface area contributed by atoms with Gasteiger partial charge in [0, 0.05) is 25.3 Å². The van der Waals surface area contributed by atoms with Gasteiger partial charge >= 0.3 is 0 Å². The Balaban J connectivity index is 1.26. The fourth-order valence-electron chi connectivity index (χ4n) is 5.47. The molecule has 4 nitrogen and oxygen atoms in total. The molecule has 192 valence electrons. The largest absolute Gasteiger partial charge is 0.496 e. The van der Waals surface area contributed by atoms with Crippen molar-refractivity contribution < 1.29 is 14.0 Å². The number of ether oxygens (including phenoxy) is 2. The van der Waals surface area contributed by atoms with E-state index in [1.165, 1.54) is 42.7 Å². The molecule has 0 bridgehead atoms. The van der Waals surface area contributed by atoms with Gasteiger partial charge in [-0.15, -0.1) is 0 Å². The van der Waals surface area contributed by atoms with Crippen molar-refractivity contribution in [2.24, 2.45) is 7.05 Å². The van der Waals surface area contributed by atoms with Gasteiger partial charge in [-0.3, -0.25) is 0 Å². The number of fused-ring (bicyclic) bond motifs is 3. The number of nitrogens with zero attached hydrogens (tertiary/aromatic N) is 2. The van der Waals surface area contributed by atoms with Crippen LogP contribution in [0.25, 0.3) is 27.1 Å². The van der Waals surface area contributed by atoms with E-state index in [4.69, 9.17) is 9.47 Å². The minimum Gasteiger partial charge on any atom is -0.496 e. The standard InChI is InChI=1S/C33H33N2O2S/c1-21-17-28-31(20-29(21)36-5)38-33(35(28)4)16-14-24-12-8-11-23(22(24)2)13-15-32-34(3)27-18-25-9-6-7-10-26(25)19-30(27)37-32/h6-7,9-10,13-20H,8,11-12H2,1-5H3/q+1. The fourth-order valence-corrected chi connectivity index (χ4v) is 6.53. The zero-order valence-electron chi connectivity index (χ0n) is 22.7. The number of benzene rings is 3. The van der Waals surface area contributed by atoms with Gasteiger partial charge in [-0.2, -0.15) is 4.57 Å². The zero-order valence-corrected chi connectivity index (χ0v) is 23.5. The molecule has 0 unspecified atom stereocenters. The summed E-state index contributed by atoms with van der Waals surface area (Å²) in [6.07, 6.45) is 12.3. The molecule has 2 heterocycles. The molecule has 3 aromatic carbocycles. The Hall–Kier alpha value is -3.83. The molecule has 1 aliphatic heterocycles. The molecule has 5 heteroatoms. The van der Waals surface area contributed by atoms with Crippen LogP contribution in [0.1, 0.15) is 36.8 Å². The van der Waals surface area contributed by atoms with Crippen LogP contribution in [0.2, 0.25) is 0 Å². The first kappa shape index (κ1) is 24.5. The first-order valence-corrected chi connectivity index (χ1v) is 13.9. The quantitative estimate of drug-likeness (QED) is 0.254. The molecule has 38 heavy (non-hydrogen) atoms. The predicted octanol–water partition coefficient (Wildman–Crippen LogP) is 8.01. The summed E-state index contributed by atoms with van der Waals surface area (Å²) in [5.41, 5.74) is 7.66. The maximum atomic E-state index is 6.25.